The zero-order chi connectivity index (χ0) is 20.4. The molecule has 1 saturated heterocycles. The van der Waals surface area contributed by atoms with Gasteiger partial charge in [0.25, 0.3) is 0 Å². The van der Waals surface area contributed by atoms with Gasteiger partial charge in [0.2, 0.25) is 11.8 Å². The molecule has 3 nitrogen and oxygen atoms in total. The summed E-state index contributed by atoms with van der Waals surface area (Å²) in [5, 5.41) is 0. The van der Waals surface area contributed by atoms with Crippen LogP contribution in [0.4, 0.5) is 0 Å². The summed E-state index contributed by atoms with van der Waals surface area (Å²) in [5.41, 5.74) is 7.09. The van der Waals surface area contributed by atoms with Gasteiger partial charge < -0.3 is 0 Å². The van der Waals surface area contributed by atoms with Crippen molar-refractivity contribution in [3.63, 3.8) is 0 Å². The molecule has 3 aromatic carbocycles. The number of rotatable bonds is 2. The molecular formula is C27H21NO2. The Hall–Kier alpha value is -3.46. The molecule has 2 bridgehead atoms. The second-order valence-electron chi connectivity index (χ2n) is 8.43. The van der Waals surface area contributed by atoms with Gasteiger partial charge >= 0.3 is 0 Å². The van der Waals surface area contributed by atoms with Crippen LogP contribution in [0.5, 0.6) is 0 Å². The number of hydrogen-bond acceptors (Lipinski definition) is 2. The van der Waals surface area contributed by atoms with E-state index in [4.69, 9.17) is 0 Å². The molecule has 3 heteroatoms. The van der Waals surface area contributed by atoms with Crippen molar-refractivity contribution in [2.24, 2.45) is 11.8 Å². The Morgan fingerprint density at radius 3 is 1.47 bits per heavy atom. The van der Waals surface area contributed by atoms with Crippen LogP contribution in [-0.4, -0.2) is 23.8 Å². The van der Waals surface area contributed by atoms with Gasteiger partial charge in [0.15, 0.2) is 0 Å². The third kappa shape index (κ3) is 2.15. The van der Waals surface area contributed by atoms with Crippen LogP contribution in [0.3, 0.4) is 0 Å². The lowest BCUT2D eigenvalue weighted by atomic mass is 9.77. The molecule has 2 fully saturated rings. The lowest BCUT2D eigenvalue weighted by Gasteiger charge is -2.22. The van der Waals surface area contributed by atoms with Gasteiger partial charge in [-0.25, -0.2) is 0 Å². The normalized spacial score (nSPS) is 26.2. The number of benzene rings is 3. The van der Waals surface area contributed by atoms with Gasteiger partial charge in [-0.2, -0.15) is 0 Å². The van der Waals surface area contributed by atoms with Crippen LogP contribution in [-0.2, 0) is 9.59 Å². The number of fused-ring (bicyclic) bond motifs is 8. The van der Waals surface area contributed by atoms with E-state index >= 15 is 0 Å². The molecular weight excluding hydrogens is 370 g/mol. The van der Waals surface area contributed by atoms with Crippen molar-refractivity contribution < 1.29 is 9.59 Å². The minimum Gasteiger partial charge on any atom is -0.285 e. The van der Waals surface area contributed by atoms with Gasteiger partial charge in [-0.05, 0) is 33.4 Å². The molecule has 0 N–H and O–H groups in total. The van der Waals surface area contributed by atoms with Crippen LogP contribution in [0.1, 0.15) is 34.1 Å². The van der Waals surface area contributed by atoms with Crippen LogP contribution in [0.2, 0.25) is 0 Å². The number of imide groups is 1. The van der Waals surface area contributed by atoms with E-state index in [-0.39, 0.29) is 35.5 Å². The lowest BCUT2D eigenvalue weighted by Crippen LogP contribution is -2.28. The Bertz CT molecular complexity index is 1120. The van der Waals surface area contributed by atoms with E-state index in [1.165, 1.54) is 27.2 Å². The Balaban J connectivity index is 1.69. The molecule has 1 aliphatic heterocycles. The standard InChI is InChI=1S/C27H21NO2/c1-28-26(29)24-21-18-14-8-9-15-19(18)22(25(24)27(28)30)23(21)20(16-10-4-2-5-11-16)17-12-6-3-7-13-17/h2-15,21-22,24-25H,1H3. The van der Waals surface area contributed by atoms with Crippen molar-refractivity contribution in [3.8, 4) is 0 Å². The third-order valence-electron chi connectivity index (χ3n) is 7.09. The van der Waals surface area contributed by atoms with Gasteiger partial charge in [0.05, 0.1) is 11.8 Å². The number of likely N-dealkylation sites (tertiary alicyclic amines) is 1. The monoisotopic (exact) mass is 391 g/mol. The van der Waals surface area contributed by atoms with E-state index in [2.05, 4.69) is 36.4 Å². The first kappa shape index (κ1) is 17.4. The van der Waals surface area contributed by atoms with E-state index < -0.39 is 0 Å². The molecule has 2 aliphatic carbocycles. The number of nitrogens with zero attached hydrogens (tertiary/aromatic N) is 1. The summed E-state index contributed by atoms with van der Waals surface area (Å²) in [6.07, 6.45) is 0. The van der Waals surface area contributed by atoms with Crippen molar-refractivity contribution in [1.29, 1.82) is 0 Å². The van der Waals surface area contributed by atoms with Crippen molar-refractivity contribution in [2.75, 3.05) is 7.05 Å². The topological polar surface area (TPSA) is 37.4 Å². The van der Waals surface area contributed by atoms with Gasteiger partial charge in [-0.1, -0.05) is 84.9 Å². The number of hydrogen-bond donors (Lipinski definition) is 0. The largest absolute Gasteiger partial charge is 0.285 e. The average Bonchev–Trinajstić information content (AvgIpc) is 3.37. The fourth-order valence-electron chi connectivity index (χ4n) is 5.96. The third-order valence-corrected chi connectivity index (χ3v) is 7.09. The molecule has 4 atom stereocenters. The Kier molecular flexibility index (Phi) is 3.64. The molecule has 0 aromatic heterocycles. The highest BCUT2D eigenvalue weighted by Crippen LogP contribution is 2.67. The van der Waals surface area contributed by atoms with Crippen molar-refractivity contribution in [1.82, 2.24) is 4.90 Å². The van der Waals surface area contributed by atoms with Crippen molar-refractivity contribution in [2.45, 2.75) is 11.8 Å². The van der Waals surface area contributed by atoms with Crippen LogP contribution in [0.25, 0.3) is 5.57 Å². The molecule has 0 spiro atoms. The molecule has 30 heavy (non-hydrogen) atoms. The summed E-state index contributed by atoms with van der Waals surface area (Å²) in [4.78, 5) is 27.6. The average molecular weight is 391 g/mol. The highest BCUT2D eigenvalue weighted by Gasteiger charge is 2.65. The highest BCUT2D eigenvalue weighted by atomic mass is 16.2. The first-order valence-electron chi connectivity index (χ1n) is 10.4. The number of allylic oxidation sites excluding steroid dienone is 1. The highest BCUT2D eigenvalue weighted by molar-refractivity contribution is 6.09. The van der Waals surface area contributed by atoms with Gasteiger partial charge in [-0.15, -0.1) is 0 Å². The fourth-order valence-corrected chi connectivity index (χ4v) is 5.96. The predicted octanol–water partition coefficient (Wildman–Crippen LogP) is 4.61. The van der Waals surface area contributed by atoms with E-state index in [1.54, 1.807) is 7.05 Å². The van der Waals surface area contributed by atoms with Crippen molar-refractivity contribution in [3.05, 3.63) is 113 Å². The first-order chi connectivity index (χ1) is 14.7. The minimum absolute atomic E-state index is 0.0371. The Morgan fingerprint density at radius 1 is 0.633 bits per heavy atom. The molecule has 3 aromatic rings. The van der Waals surface area contributed by atoms with Crippen LogP contribution >= 0.6 is 0 Å². The van der Waals surface area contributed by atoms with Crippen LogP contribution in [0.15, 0.2) is 90.5 Å². The maximum atomic E-state index is 13.1. The molecule has 6 rings (SSSR count). The lowest BCUT2D eigenvalue weighted by molar-refractivity contribution is -0.138. The fraction of sp³-hybridized carbons (Fsp3) is 0.185. The molecule has 1 saturated carbocycles. The summed E-state index contributed by atoms with van der Waals surface area (Å²) in [7, 11) is 1.63. The molecule has 1 heterocycles. The summed E-state index contributed by atoms with van der Waals surface area (Å²) >= 11 is 0. The first-order valence-corrected chi connectivity index (χ1v) is 10.4. The molecule has 146 valence electrons. The van der Waals surface area contributed by atoms with Crippen LogP contribution < -0.4 is 0 Å². The quantitative estimate of drug-likeness (QED) is 0.598. The second-order valence-corrected chi connectivity index (χ2v) is 8.43. The number of carbonyl (C=O) groups excluding carboxylic acids is 2. The smallest absolute Gasteiger partial charge is 0.233 e. The van der Waals surface area contributed by atoms with E-state index in [1.807, 2.05) is 48.5 Å². The molecule has 2 amide bonds. The number of carbonyl (C=O) groups is 2. The summed E-state index contributed by atoms with van der Waals surface area (Å²) in [6, 6.07) is 29.1. The van der Waals surface area contributed by atoms with E-state index in [0.29, 0.717) is 0 Å². The number of amides is 2. The Morgan fingerprint density at radius 2 is 1.03 bits per heavy atom. The summed E-state index contributed by atoms with van der Waals surface area (Å²) in [6.45, 7) is 0. The zero-order valence-corrected chi connectivity index (χ0v) is 16.7. The second kappa shape index (κ2) is 6.27. The predicted molar refractivity (Wildman–Crippen MR) is 116 cm³/mol. The molecule has 3 aliphatic rings. The van der Waals surface area contributed by atoms with Gasteiger partial charge in [0.1, 0.15) is 0 Å². The summed E-state index contributed by atoms with van der Waals surface area (Å²) < 4.78 is 0. The van der Waals surface area contributed by atoms with Gasteiger partial charge in [-0.3, -0.25) is 14.5 Å². The zero-order valence-electron chi connectivity index (χ0n) is 16.7. The Labute approximate surface area is 175 Å². The SMILES string of the molecule is CN1C(=O)C2C3C(=C(c4ccccc4)c4ccccc4)C(c4ccccc43)C2C1=O. The molecule has 4 unspecified atom stereocenters. The summed E-state index contributed by atoms with van der Waals surface area (Å²) in [5.74, 6) is -0.754. The van der Waals surface area contributed by atoms with E-state index in [9.17, 15) is 9.59 Å². The van der Waals surface area contributed by atoms with Crippen LogP contribution in [0, 0.1) is 11.8 Å². The maximum Gasteiger partial charge on any atom is 0.233 e. The van der Waals surface area contributed by atoms with Gasteiger partial charge in [0, 0.05) is 18.9 Å². The minimum atomic E-state index is -0.292. The molecule has 0 radical (unpaired) electrons. The maximum absolute atomic E-state index is 13.1. The van der Waals surface area contributed by atoms with Crippen molar-refractivity contribution >= 4 is 17.4 Å². The van der Waals surface area contributed by atoms with E-state index in [0.717, 1.165) is 11.1 Å².